The molecular formula is C19H27N. The van der Waals surface area contributed by atoms with E-state index in [0.717, 1.165) is 23.7 Å². The fourth-order valence-electron chi connectivity index (χ4n) is 5.14. The Labute approximate surface area is 123 Å². The number of rotatable bonds is 3. The highest BCUT2D eigenvalue weighted by molar-refractivity contribution is 5.34. The predicted octanol–water partition coefficient (Wildman–Crippen LogP) is 4.65. The Morgan fingerprint density at radius 2 is 1.85 bits per heavy atom. The summed E-state index contributed by atoms with van der Waals surface area (Å²) in [6.07, 6.45) is 8.72. The van der Waals surface area contributed by atoms with Crippen LogP contribution in [0.3, 0.4) is 0 Å². The molecule has 1 nitrogen and oxygen atoms in total. The Morgan fingerprint density at radius 1 is 1.00 bits per heavy atom. The first-order valence-electron chi connectivity index (χ1n) is 8.63. The van der Waals surface area contributed by atoms with Crippen LogP contribution < -0.4 is 5.32 Å². The Hall–Kier alpha value is -0.820. The Morgan fingerprint density at radius 3 is 2.60 bits per heavy atom. The van der Waals surface area contributed by atoms with E-state index in [0.29, 0.717) is 6.04 Å². The fraction of sp³-hybridized carbons (Fsp3) is 0.684. The van der Waals surface area contributed by atoms with Crippen LogP contribution in [0.2, 0.25) is 0 Å². The highest BCUT2D eigenvalue weighted by Gasteiger charge is 2.39. The molecule has 5 atom stereocenters. The maximum absolute atomic E-state index is 3.93. The fourth-order valence-corrected chi connectivity index (χ4v) is 5.14. The molecule has 1 aromatic carbocycles. The van der Waals surface area contributed by atoms with Gasteiger partial charge in [0.2, 0.25) is 0 Å². The van der Waals surface area contributed by atoms with Gasteiger partial charge in [0.15, 0.2) is 0 Å². The molecule has 2 saturated carbocycles. The molecule has 108 valence electrons. The van der Waals surface area contributed by atoms with Gasteiger partial charge in [-0.2, -0.15) is 0 Å². The minimum Gasteiger partial charge on any atom is -0.310 e. The third kappa shape index (κ3) is 2.20. The van der Waals surface area contributed by atoms with Crippen molar-refractivity contribution < 1.29 is 0 Å². The van der Waals surface area contributed by atoms with E-state index < -0.39 is 0 Å². The summed E-state index contributed by atoms with van der Waals surface area (Å²) in [7, 11) is 0. The topological polar surface area (TPSA) is 12.0 Å². The number of hydrogen-bond donors (Lipinski definition) is 1. The molecule has 3 aliphatic carbocycles. The first kappa shape index (κ1) is 12.9. The lowest BCUT2D eigenvalue weighted by Crippen LogP contribution is -2.32. The van der Waals surface area contributed by atoms with Crippen LogP contribution in [0.15, 0.2) is 24.3 Å². The second-order valence-corrected chi connectivity index (χ2v) is 7.50. The second-order valence-electron chi connectivity index (χ2n) is 7.50. The van der Waals surface area contributed by atoms with E-state index in [9.17, 15) is 0 Å². The predicted molar refractivity (Wildman–Crippen MR) is 83.8 cm³/mol. The molecule has 1 N–H and O–H groups in total. The molecule has 2 bridgehead atoms. The molecule has 0 aliphatic heterocycles. The van der Waals surface area contributed by atoms with Crippen molar-refractivity contribution in [1.29, 1.82) is 0 Å². The minimum atomic E-state index is 0.613. The first-order valence-corrected chi connectivity index (χ1v) is 8.63. The third-order valence-electron chi connectivity index (χ3n) is 6.30. The molecule has 20 heavy (non-hydrogen) atoms. The minimum absolute atomic E-state index is 0.613. The first-order chi connectivity index (χ1) is 9.81. The van der Waals surface area contributed by atoms with Gasteiger partial charge in [0.25, 0.3) is 0 Å². The number of fused-ring (bicyclic) bond motifs is 3. The van der Waals surface area contributed by atoms with Gasteiger partial charge in [-0.15, -0.1) is 0 Å². The Kier molecular flexibility index (Phi) is 3.34. The summed E-state index contributed by atoms with van der Waals surface area (Å²) in [4.78, 5) is 0. The van der Waals surface area contributed by atoms with Crippen molar-refractivity contribution in [2.75, 3.05) is 6.54 Å². The van der Waals surface area contributed by atoms with Gasteiger partial charge in [-0.25, -0.2) is 0 Å². The van der Waals surface area contributed by atoms with Gasteiger partial charge in [-0.3, -0.25) is 0 Å². The molecule has 1 heteroatoms. The molecule has 0 heterocycles. The van der Waals surface area contributed by atoms with Crippen LogP contribution in [-0.2, 0) is 0 Å². The standard InChI is InChI=1S/C19H27N/c1-13-6-9-19(18-5-3-2-4-17(13)18)20-12-16-11-14-7-8-15(16)10-14/h2-5,13-16,19-20H,6-12H2,1H3. The van der Waals surface area contributed by atoms with E-state index in [1.165, 1.54) is 45.1 Å². The van der Waals surface area contributed by atoms with Crippen molar-refractivity contribution in [3.05, 3.63) is 35.4 Å². The summed E-state index contributed by atoms with van der Waals surface area (Å²) in [6, 6.07) is 9.72. The van der Waals surface area contributed by atoms with E-state index >= 15 is 0 Å². The molecule has 1 aromatic rings. The van der Waals surface area contributed by atoms with Gasteiger partial charge in [-0.1, -0.05) is 37.6 Å². The van der Waals surface area contributed by atoms with Crippen LogP contribution in [0.5, 0.6) is 0 Å². The van der Waals surface area contributed by atoms with E-state index in [2.05, 4.69) is 36.5 Å². The van der Waals surface area contributed by atoms with Gasteiger partial charge in [-0.05, 0) is 73.4 Å². The SMILES string of the molecule is CC1CCC(NCC2CC3CCC2C3)c2ccccc21. The molecule has 2 fully saturated rings. The number of nitrogens with one attached hydrogen (secondary N) is 1. The van der Waals surface area contributed by atoms with Crippen molar-refractivity contribution >= 4 is 0 Å². The number of hydrogen-bond acceptors (Lipinski definition) is 1. The molecule has 5 unspecified atom stereocenters. The zero-order valence-corrected chi connectivity index (χ0v) is 12.6. The average molecular weight is 269 g/mol. The highest BCUT2D eigenvalue weighted by atomic mass is 14.9. The van der Waals surface area contributed by atoms with Crippen LogP contribution in [0.4, 0.5) is 0 Å². The highest BCUT2D eigenvalue weighted by Crippen LogP contribution is 2.48. The van der Waals surface area contributed by atoms with E-state index in [4.69, 9.17) is 0 Å². The van der Waals surface area contributed by atoms with E-state index in [-0.39, 0.29) is 0 Å². The largest absolute Gasteiger partial charge is 0.310 e. The van der Waals surface area contributed by atoms with Crippen molar-refractivity contribution in [2.24, 2.45) is 17.8 Å². The molecule has 0 amide bonds. The smallest absolute Gasteiger partial charge is 0.0323 e. The third-order valence-corrected chi connectivity index (χ3v) is 6.30. The molecular weight excluding hydrogens is 242 g/mol. The quantitative estimate of drug-likeness (QED) is 0.842. The summed E-state index contributed by atoms with van der Waals surface area (Å²) in [5.74, 6) is 3.84. The van der Waals surface area contributed by atoms with Crippen LogP contribution in [0, 0.1) is 17.8 Å². The van der Waals surface area contributed by atoms with Crippen molar-refractivity contribution in [3.63, 3.8) is 0 Å². The Bertz CT molecular complexity index is 480. The van der Waals surface area contributed by atoms with Gasteiger partial charge in [0.1, 0.15) is 0 Å². The van der Waals surface area contributed by atoms with Crippen LogP contribution in [0.25, 0.3) is 0 Å². The lowest BCUT2D eigenvalue weighted by molar-refractivity contribution is 0.297. The van der Waals surface area contributed by atoms with Gasteiger partial charge in [0, 0.05) is 6.04 Å². The monoisotopic (exact) mass is 269 g/mol. The molecule has 0 saturated heterocycles. The maximum atomic E-state index is 3.93. The van der Waals surface area contributed by atoms with Crippen LogP contribution >= 0.6 is 0 Å². The number of benzene rings is 1. The van der Waals surface area contributed by atoms with Gasteiger partial charge < -0.3 is 5.32 Å². The summed E-state index contributed by atoms with van der Waals surface area (Å²) in [5.41, 5.74) is 3.17. The van der Waals surface area contributed by atoms with Gasteiger partial charge in [0.05, 0.1) is 0 Å². The summed E-state index contributed by atoms with van der Waals surface area (Å²) in [5, 5.41) is 3.93. The van der Waals surface area contributed by atoms with Crippen LogP contribution in [-0.4, -0.2) is 6.54 Å². The summed E-state index contributed by atoms with van der Waals surface area (Å²) >= 11 is 0. The molecule has 0 aromatic heterocycles. The van der Waals surface area contributed by atoms with E-state index in [1.807, 2.05) is 0 Å². The summed E-state index contributed by atoms with van der Waals surface area (Å²) in [6.45, 7) is 3.64. The molecule has 4 rings (SSSR count). The zero-order valence-electron chi connectivity index (χ0n) is 12.6. The maximum Gasteiger partial charge on any atom is 0.0323 e. The lowest BCUT2D eigenvalue weighted by Gasteiger charge is -2.32. The second kappa shape index (κ2) is 5.18. The van der Waals surface area contributed by atoms with Crippen molar-refractivity contribution in [3.8, 4) is 0 Å². The van der Waals surface area contributed by atoms with Crippen molar-refractivity contribution in [1.82, 2.24) is 5.32 Å². The van der Waals surface area contributed by atoms with E-state index in [1.54, 1.807) is 11.1 Å². The average Bonchev–Trinajstić information content (AvgIpc) is 3.09. The van der Waals surface area contributed by atoms with Crippen LogP contribution in [0.1, 0.15) is 68.5 Å². The molecule has 0 radical (unpaired) electrons. The van der Waals surface area contributed by atoms with Crippen molar-refractivity contribution in [2.45, 2.75) is 57.4 Å². The Balaban J connectivity index is 1.43. The normalized spacial score (nSPS) is 39.0. The lowest BCUT2D eigenvalue weighted by atomic mass is 9.80. The zero-order chi connectivity index (χ0) is 13.5. The van der Waals surface area contributed by atoms with Gasteiger partial charge >= 0.3 is 0 Å². The molecule has 3 aliphatic rings. The summed E-state index contributed by atoms with van der Waals surface area (Å²) < 4.78 is 0. The molecule has 0 spiro atoms.